The van der Waals surface area contributed by atoms with E-state index in [0.29, 0.717) is 30.3 Å². The molecule has 142 valence electrons. The molecule has 0 aliphatic heterocycles. The Balaban J connectivity index is 1.41. The Morgan fingerprint density at radius 2 is 1.96 bits per heavy atom. The number of hydrogen-bond acceptors (Lipinski definition) is 3. The summed E-state index contributed by atoms with van der Waals surface area (Å²) in [6.07, 6.45) is 1.43. The molecule has 0 bridgehead atoms. The standard InChI is InChI=1S/C21H22ClNO4/c22-16-4-1-3-15(11-16)18-12-19(18)21(26)23-13-14-6-8-17(9-7-14)27-10-2-5-20(24)25/h1,3-4,6-9,11,18-19H,2,5,10,12-13H2,(H,23,26)(H,24,25). The lowest BCUT2D eigenvalue weighted by Gasteiger charge is -2.08. The molecule has 0 heterocycles. The molecule has 2 unspecified atom stereocenters. The van der Waals surface area contributed by atoms with Gasteiger partial charge in [0.05, 0.1) is 6.61 Å². The van der Waals surface area contributed by atoms with E-state index in [0.717, 1.165) is 17.5 Å². The van der Waals surface area contributed by atoms with Crippen molar-refractivity contribution in [3.8, 4) is 5.75 Å². The van der Waals surface area contributed by atoms with Crippen LogP contribution in [0.4, 0.5) is 0 Å². The fourth-order valence-corrected chi connectivity index (χ4v) is 3.23. The first-order chi connectivity index (χ1) is 13.0. The number of carboxylic acids is 1. The van der Waals surface area contributed by atoms with Crippen molar-refractivity contribution in [3.63, 3.8) is 0 Å². The fourth-order valence-electron chi connectivity index (χ4n) is 3.03. The number of ether oxygens (including phenoxy) is 1. The third-order valence-corrected chi connectivity index (χ3v) is 4.83. The average Bonchev–Trinajstić information content (AvgIpc) is 3.45. The van der Waals surface area contributed by atoms with Gasteiger partial charge < -0.3 is 15.2 Å². The van der Waals surface area contributed by atoms with Crippen molar-refractivity contribution in [2.75, 3.05) is 6.61 Å². The molecular formula is C21H22ClNO4. The maximum atomic E-state index is 12.3. The van der Waals surface area contributed by atoms with Crippen LogP contribution >= 0.6 is 11.6 Å². The first-order valence-electron chi connectivity index (χ1n) is 8.99. The first kappa shape index (κ1) is 19.2. The second-order valence-electron chi connectivity index (χ2n) is 6.71. The third kappa shape index (κ3) is 5.73. The van der Waals surface area contributed by atoms with E-state index in [1.165, 1.54) is 0 Å². The van der Waals surface area contributed by atoms with Crippen molar-refractivity contribution >= 4 is 23.5 Å². The minimum absolute atomic E-state index is 0.0142. The fraction of sp³-hybridized carbons (Fsp3) is 0.333. The quantitative estimate of drug-likeness (QED) is 0.637. The van der Waals surface area contributed by atoms with Crippen molar-refractivity contribution in [1.82, 2.24) is 5.32 Å². The Labute approximate surface area is 163 Å². The van der Waals surface area contributed by atoms with Crippen LogP contribution in [0.15, 0.2) is 48.5 Å². The highest BCUT2D eigenvalue weighted by Crippen LogP contribution is 2.47. The SMILES string of the molecule is O=C(O)CCCOc1ccc(CNC(=O)C2CC2c2cccc(Cl)c2)cc1. The van der Waals surface area contributed by atoms with Gasteiger partial charge in [-0.2, -0.15) is 0 Å². The number of nitrogens with one attached hydrogen (secondary N) is 1. The lowest BCUT2D eigenvalue weighted by molar-refractivity contribution is -0.137. The van der Waals surface area contributed by atoms with Gasteiger partial charge in [-0.25, -0.2) is 0 Å². The van der Waals surface area contributed by atoms with Gasteiger partial charge in [0.2, 0.25) is 5.91 Å². The van der Waals surface area contributed by atoms with Gasteiger partial charge in [-0.15, -0.1) is 0 Å². The summed E-state index contributed by atoms with van der Waals surface area (Å²) in [6, 6.07) is 15.1. The van der Waals surface area contributed by atoms with Gasteiger partial charge in [0, 0.05) is 23.9 Å². The number of amides is 1. The van der Waals surface area contributed by atoms with E-state index < -0.39 is 5.97 Å². The molecule has 27 heavy (non-hydrogen) atoms. The second kappa shape index (κ2) is 8.91. The Kier molecular flexibility index (Phi) is 6.35. The predicted octanol–water partition coefficient (Wildman–Crippen LogP) is 4.00. The normalized spacial score (nSPS) is 18.0. The summed E-state index contributed by atoms with van der Waals surface area (Å²) in [5.41, 5.74) is 2.10. The summed E-state index contributed by atoms with van der Waals surface area (Å²) in [4.78, 5) is 22.8. The molecule has 2 N–H and O–H groups in total. The number of carbonyl (C=O) groups excluding carboxylic acids is 1. The summed E-state index contributed by atoms with van der Waals surface area (Å²) >= 11 is 6.01. The van der Waals surface area contributed by atoms with Gasteiger partial charge >= 0.3 is 5.97 Å². The zero-order chi connectivity index (χ0) is 19.2. The molecule has 2 aromatic rings. The van der Waals surface area contributed by atoms with Crippen LogP contribution < -0.4 is 10.1 Å². The van der Waals surface area contributed by atoms with Crippen LogP contribution in [0.1, 0.15) is 36.3 Å². The molecule has 5 nitrogen and oxygen atoms in total. The van der Waals surface area contributed by atoms with Crippen LogP contribution in [0.5, 0.6) is 5.75 Å². The van der Waals surface area contributed by atoms with Crippen molar-refractivity contribution in [1.29, 1.82) is 0 Å². The molecule has 3 rings (SSSR count). The molecule has 1 aliphatic carbocycles. The molecule has 2 atom stereocenters. The van der Waals surface area contributed by atoms with Crippen molar-refractivity contribution in [2.45, 2.75) is 31.7 Å². The Hall–Kier alpha value is -2.53. The van der Waals surface area contributed by atoms with E-state index in [2.05, 4.69) is 5.32 Å². The Morgan fingerprint density at radius 3 is 2.67 bits per heavy atom. The van der Waals surface area contributed by atoms with Crippen LogP contribution in [-0.4, -0.2) is 23.6 Å². The van der Waals surface area contributed by atoms with Crippen LogP contribution in [0.3, 0.4) is 0 Å². The maximum Gasteiger partial charge on any atom is 0.303 e. The van der Waals surface area contributed by atoms with Gasteiger partial charge in [0.1, 0.15) is 5.75 Å². The molecule has 2 aromatic carbocycles. The van der Waals surface area contributed by atoms with Gasteiger partial charge in [0.15, 0.2) is 0 Å². The number of aliphatic carboxylic acids is 1. The first-order valence-corrected chi connectivity index (χ1v) is 9.37. The minimum atomic E-state index is -0.821. The van der Waals surface area contributed by atoms with Crippen LogP contribution in [0, 0.1) is 5.92 Å². The second-order valence-corrected chi connectivity index (χ2v) is 7.15. The maximum absolute atomic E-state index is 12.3. The van der Waals surface area contributed by atoms with Crippen molar-refractivity contribution in [3.05, 3.63) is 64.7 Å². The third-order valence-electron chi connectivity index (χ3n) is 4.60. The zero-order valence-electron chi connectivity index (χ0n) is 14.9. The van der Waals surface area contributed by atoms with Crippen molar-refractivity contribution < 1.29 is 19.4 Å². The highest BCUT2D eigenvalue weighted by atomic mass is 35.5. The van der Waals surface area contributed by atoms with Crippen LogP contribution in [-0.2, 0) is 16.1 Å². The summed E-state index contributed by atoms with van der Waals surface area (Å²) in [7, 11) is 0. The molecule has 0 spiro atoms. The van der Waals surface area contributed by atoms with Gasteiger partial charge in [-0.3, -0.25) is 9.59 Å². The molecule has 1 aliphatic rings. The molecule has 0 radical (unpaired) electrons. The highest BCUT2D eigenvalue weighted by Gasteiger charge is 2.43. The number of benzene rings is 2. The number of carbonyl (C=O) groups is 2. The summed E-state index contributed by atoms with van der Waals surface area (Å²) < 4.78 is 5.50. The monoisotopic (exact) mass is 387 g/mol. The summed E-state index contributed by atoms with van der Waals surface area (Å²) in [6.45, 7) is 0.839. The van der Waals surface area contributed by atoms with Crippen LogP contribution in [0.25, 0.3) is 0 Å². The van der Waals surface area contributed by atoms with Crippen LogP contribution in [0.2, 0.25) is 5.02 Å². The number of halogens is 1. The molecule has 0 saturated heterocycles. The van der Waals surface area contributed by atoms with E-state index >= 15 is 0 Å². The molecule has 1 fully saturated rings. The van der Waals surface area contributed by atoms with E-state index in [-0.39, 0.29) is 24.2 Å². The minimum Gasteiger partial charge on any atom is -0.494 e. The number of carboxylic acid groups (broad SMARTS) is 1. The smallest absolute Gasteiger partial charge is 0.303 e. The van der Waals surface area contributed by atoms with Gasteiger partial charge in [0.25, 0.3) is 0 Å². The Bertz CT molecular complexity index is 806. The van der Waals surface area contributed by atoms with Crippen molar-refractivity contribution in [2.24, 2.45) is 5.92 Å². The number of rotatable bonds is 9. The zero-order valence-corrected chi connectivity index (χ0v) is 15.6. The predicted molar refractivity (Wildman–Crippen MR) is 103 cm³/mol. The lowest BCUT2D eigenvalue weighted by atomic mass is 10.1. The van der Waals surface area contributed by atoms with E-state index in [1.54, 1.807) is 0 Å². The summed E-state index contributed by atoms with van der Waals surface area (Å²) in [5.74, 6) is 0.205. The van der Waals surface area contributed by atoms with E-state index in [9.17, 15) is 9.59 Å². The topological polar surface area (TPSA) is 75.6 Å². The largest absolute Gasteiger partial charge is 0.494 e. The number of hydrogen-bond donors (Lipinski definition) is 2. The average molecular weight is 388 g/mol. The van der Waals surface area contributed by atoms with Gasteiger partial charge in [-0.05, 0) is 54.2 Å². The molecular weight excluding hydrogens is 366 g/mol. The van der Waals surface area contributed by atoms with E-state index in [1.807, 2.05) is 48.5 Å². The van der Waals surface area contributed by atoms with Gasteiger partial charge in [-0.1, -0.05) is 35.9 Å². The molecule has 1 amide bonds. The highest BCUT2D eigenvalue weighted by molar-refractivity contribution is 6.30. The Morgan fingerprint density at radius 1 is 1.19 bits per heavy atom. The lowest BCUT2D eigenvalue weighted by Crippen LogP contribution is -2.24. The molecule has 0 aromatic heterocycles. The molecule has 1 saturated carbocycles. The van der Waals surface area contributed by atoms with E-state index in [4.69, 9.17) is 21.4 Å². The molecule has 6 heteroatoms. The summed E-state index contributed by atoms with van der Waals surface area (Å²) in [5, 5.41) is 12.3.